The van der Waals surface area contributed by atoms with Gasteiger partial charge >= 0.3 is 0 Å². The number of hydrogen-bond donors (Lipinski definition) is 20. The molecule has 0 aliphatic carbocycles. The molecule has 3 saturated heterocycles. The number of imidazole rings is 1. The molecular formula is C77H94N20O15S3. The first-order valence-electron chi connectivity index (χ1n) is 36.9. The van der Waals surface area contributed by atoms with E-state index in [9.17, 15) is 39.0 Å². The Morgan fingerprint density at radius 1 is 0.600 bits per heavy atom. The molecule has 0 radical (unpaired) electrons. The Hall–Kier alpha value is -12.2. The molecule has 38 heteroatoms. The lowest BCUT2D eigenvalue weighted by molar-refractivity contribution is -0.141. The number of thioether (sulfide) groups is 1. The Kier molecular flexibility index (Phi) is 32.2. The van der Waals surface area contributed by atoms with Gasteiger partial charge in [-0.15, -0.1) is 11.8 Å². The van der Waals surface area contributed by atoms with Crippen molar-refractivity contribution in [3.63, 3.8) is 0 Å². The van der Waals surface area contributed by atoms with Crippen molar-refractivity contribution in [1.29, 1.82) is 5.41 Å². The molecule has 3 fully saturated rings. The van der Waals surface area contributed by atoms with Crippen molar-refractivity contribution in [3.05, 3.63) is 186 Å². The van der Waals surface area contributed by atoms with Gasteiger partial charge in [-0.2, -0.15) is 0 Å². The standard InChI is InChI=1S/C77H94N20O15S3/c1-42-67(103)90-56(29-43-11-4-2-5-12-43)70(106)96-62(74(110)89-55(66(80)102)28-46-20-24-51(99)25-21-46)39-115-114-38-61(94-68(104)53(78)27-45-18-22-50(98)23-19-45)75(111)92-58(32-49-35-83-41-86-49)72(108)91-57(30-44-13-6-3-7-14-44)71(107)95-60-37-113-40-65(101)97(36-48(88-73(60)109)15-10-26-84-77(81)82)63(31-47-34-85-54-17-9-8-16-52(47)54)76(112)93-59(33-64(79)100)69(105)87-42/h2-9,11-14,16-25,34-35,41-42,48,53,55-63,85,98-99H,10,15,26-33,36-40,78H2,1H3,(H2,79,100)(H2,80,102)(H,83,86)(H,87,105)(H,88,109)(H,89,110)(H,90,103)(H,91,108)(H,92,111)(H,93,112)(H,94,104)(H,95,107)(H,96,106)(H4,81,82,84)/t42-,48-,53-,55-,56-,57+,58-,59-,60+,61-,62-,63-/m0/s1. The maximum atomic E-state index is 15.5. The average molecular weight is 1640 g/mol. The van der Waals surface area contributed by atoms with Crippen LogP contribution in [0.5, 0.6) is 11.5 Å². The van der Waals surface area contributed by atoms with E-state index < -0.39 is 174 Å². The Labute approximate surface area is 673 Å². The molecule has 5 aromatic carbocycles. The monoisotopic (exact) mass is 1630 g/mol. The highest BCUT2D eigenvalue weighted by atomic mass is 33.1. The lowest BCUT2D eigenvalue weighted by Gasteiger charge is -2.36. The summed E-state index contributed by atoms with van der Waals surface area (Å²) in [5.41, 5.74) is 27.3. The van der Waals surface area contributed by atoms with Gasteiger partial charge in [0.2, 0.25) is 76.8 Å². The van der Waals surface area contributed by atoms with Crippen molar-refractivity contribution >= 4 is 127 Å². The molecule has 3 aliphatic heterocycles. The molecule has 5 heterocycles. The summed E-state index contributed by atoms with van der Waals surface area (Å²) in [6, 6.07) is 17.4. The average Bonchev–Trinajstić information content (AvgIpc) is 1.77. The van der Waals surface area contributed by atoms with Gasteiger partial charge in [0.1, 0.15) is 71.9 Å². The third kappa shape index (κ3) is 26.7. The first kappa shape index (κ1) is 86.8. The molecule has 0 unspecified atom stereocenters. The second-order valence-corrected chi connectivity index (χ2v) is 31.3. The van der Waals surface area contributed by atoms with Crippen LogP contribution in [-0.4, -0.2) is 221 Å². The van der Waals surface area contributed by atoms with Crippen LogP contribution >= 0.6 is 33.3 Å². The van der Waals surface area contributed by atoms with Gasteiger partial charge in [0, 0.05) is 97.5 Å². The number of nitrogens with zero attached hydrogens (tertiary/aromatic N) is 2. The van der Waals surface area contributed by atoms with Gasteiger partial charge in [0.05, 0.1) is 24.5 Å². The van der Waals surface area contributed by atoms with Gasteiger partial charge in [-0.25, -0.2) is 4.98 Å². The number of carbonyl (C=O) groups is 13. The molecule has 13 amide bonds. The highest BCUT2D eigenvalue weighted by molar-refractivity contribution is 8.76. The second-order valence-electron chi connectivity index (χ2n) is 27.7. The van der Waals surface area contributed by atoms with E-state index in [1.54, 1.807) is 103 Å². The predicted molar refractivity (Wildman–Crippen MR) is 431 cm³/mol. The Bertz CT molecular complexity index is 4570. The topological polar surface area (TPSA) is 570 Å². The summed E-state index contributed by atoms with van der Waals surface area (Å²) < 4.78 is 0. The zero-order valence-corrected chi connectivity index (χ0v) is 65.0. The number of hydrogen-bond acceptors (Lipinski definition) is 21. The van der Waals surface area contributed by atoms with E-state index in [0.717, 1.165) is 33.3 Å². The minimum atomic E-state index is -1.84. The van der Waals surface area contributed by atoms with E-state index >= 15 is 33.6 Å². The zero-order valence-electron chi connectivity index (χ0n) is 62.6. The number of phenolic OH excluding ortho intramolecular Hbond substituents is 2. The van der Waals surface area contributed by atoms with Gasteiger partial charge in [0.15, 0.2) is 5.96 Å². The molecule has 0 spiro atoms. The van der Waals surface area contributed by atoms with Crippen molar-refractivity contribution in [2.45, 2.75) is 137 Å². The van der Waals surface area contributed by atoms with Crippen LogP contribution < -0.4 is 81.4 Å². The summed E-state index contributed by atoms with van der Waals surface area (Å²) in [6.45, 7) is 0.943. The number of aromatic nitrogens is 3. The third-order valence-electron chi connectivity index (χ3n) is 18.9. The number of nitrogens with one attached hydrogen (secondary N) is 14. The fraction of sp³-hybridized carbons (Fsp3) is 0.364. The molecule has 115 heavy (non-hydrogen) atoms. The molecule has 2 aromatic heterocycles. The molecule has 2 bridgehead atoms. The van der Waals surface area contributed by atoms with E-state index in [4.69, 9.17) is 28.3 Å². The molecule has 10 rings (SSSR count). The van der Waals surface area contributed by atoms with Crippen LogP contribution in [0.3, 0.4) is 0 Å². The van der Waals surface area contributed by atoms with Crippen LogP contribution in [0, 0.1) is 5.41 Å². The number of H-pyrrole nitrogens is 2. The number of fused-ring (bicyclic) bond motifs is 32. The van der Waals surface area contributed by atoms with Crippen LogP contribution in [0.1, 0.15) is 59.7 Å². The smallest absolute Gasteiger partial charge is 0.244 e. The number of phenols is 2. The van der Waals surface area contributed by atoms with Gasteiger partial charge < -0.3 is 107 Å². The summed E-state index contributed by atoms with van der Waals surface area (Å²) in [4.78, 5) is 203. The van der Waals surface area contributed by atoms with E-state index in [1.165, 1.54) is 60.7 Å². The largest absolute Gasteiger partial charge is 0.508 e. The lowest BCUT2D eigenvalue weighted by Crippen LogP contribution is -2.62. The fourth-order valence-corrected chi connectivity index (χ4v) is 16.0. The summed E-state index contributed by atoms with van der Waals surface area (Å²) in [5, 5.41) is 58.3. The number of rotatable bonds is 23. The minimum Gasteiger partial charge on any atom is -0.508 e. The summed E-state index contributed by atoms with van der Waals surface area (Å²) in [7, 11) is 1.79. The van der Waals surface area contributed by atoms with Crippen LogP contribution in [0.15, 0.2) is 152 Å². The third-order valence-corrected chi connectivity index (χ3v) is 22.3. The molecule has 7 aromatic rings. The number of nitrogens with two attached hydrogens (primary N) is 4. The SMILES string of the molecule is C[C@@H]1NC(=O)[C@H](CC(N)=O)NC(=O)[C@H](Cc2c[nH]c3ccccc23)N2C[C@H](CCCNC(=N)N)NC(=O)[C@@H](CSCC2=O)NC(=O)[C@@H](Cc2ccccc2)NC(=O)[C@H](Cc2cnc[nH]2)NC(=O)[C@@H](NC(=O)[C@@H](N)Cc2ccc(O)cc2)CSSC[C@@H](C(=O)N[C@@H](Cc2ccc(O)cc2)C(N)=O)NC(=O)[C@H](Cc2ccccc2)NC1=O. The Morgan fingerprint density at radius 2 is 1.17 bits per heavy atom. The van der Waals surface area contributed by atoms with Crippen LogP contribution in [0.4, 0.5) is 0 Å². The van der Waals surface area contributed by atoms with Crippen LogP contribution in [0.2, 0.25) is 0 Å². The van der Waals surface area contributed by atoms with Crippen molar-refractivity contribution in [2.24, 2.45) is 22.9 Å². The van der Waals surface area contributed by atoms with Crippen LogP contribution in [-0.2, 0) is 101 Å². The molecule has 0 saturated carbocycles. The van der Waals surface area contributed by atoms with Gasteiger partial charge in [-0.05, 0) is 84.3 Å². The second kappa shape index (κ2) is 42.6. The summed E-state index contributed by atoms with van der Waals surface area (Å²) in [6.07, 6.45) is 2.48. The maximum absolute atomic E-state index is 15.5. The predicted octanol–water partition coefficient (Wildman–Crippen LogP) is -1.78. The van der Waals surface area contributed by atoms with E-state index in [-0.39, 0.29) is 86.9 Å². The van der Waals surface area contributed by atoms with E-state index in [2.05, 4.69) is 73.4 Å². The number of benzene rings is 5. The van der Waals surface area contributed by atoms with E-state index in [1.807, 2.05) is 0 Å². The van der Waals surface area contributed by atoms with Crippen molar-refractivity contribution < 1.29 is 72.5 Å². The number of guanidine groups is 1. The first-order chi connectivity index (χ1) is 55.1. The summed E-state index contributed by atoms with van der Waals surface area (Å²) >= 11 is 0.920. The van der Waals surface area contributed by atoms with Crippen LogP contribution in [0.25, 0.3) is 10.9 Å². The van der Waals surface area contributed by atoms with Gasteiger partial charge in [-0.3, -0.25) is 67.7 Å². The Morgan fingerprint density at radius 3 is 1.80 bits per heavy atom. The fourth-order valence-electron chi connectivity index (χ4n) is 12.7. The van der Waals surface area contributed by atoms with Crippen molar-refractivity contribution in [2.75, 3.05) is 36.1 Å². The lowest BCUT2D eigenvalue weighted by atomic mass is 10.00. The molecule has 24 N–H and O–H groups in total. The molecular weight excluding hydrogens is 1540 g/mol. The number of amides is 13. The normalized spacial score (nSPS) is 22.2. The highest BCUT2D eigenvalue weighted by Crippen LogP contribution is 2.26. The summed E-state index contributed by atoms with van der Waals surface area (Å²) in [5.74, 6) is -14.2. The number of primary amides is 2. The van der Waals surface area contributed by atoms with Gasteiger partial charge in [-0.1, -0.05) is 125 Å². The van der Waals surface area contributed by atoms with Crippen molar-refractivity contribution in [3.8, 4) is 11.5 Å². The molecule has 610 valence electrons. The zero-order chi connectivity index (χ0) is 82.7. The number of para-hydroxylation sites is 1. The minimum absolute atomic E-state index is 0.0483. The Balaban J connectivity index is 1.12. The number of aromatic amines is 2. The quantitative estimate of drug-likeness (QED) is 0.0111. The number of carbonyl (C=O) groups excluding carboxylic acids is 13. The number of aromatic hydroxyl groups is 2. The molecule has 12 atom stereocenters. The maximum Gasteiger partial charge on any atom is 0.244 e. The first-order valence-corrected chi connectivity index (χ1v) is 40.5. The van der Waals surface area contributed by atoms with Gasteiger partial charge in [0.25, 0.3) is 0 Å². The molecule has 3 aliphatic rings. The van der Waals surface area contributed by atoms with Crippen molar-refractivity contribution in [1.82, 2.24) is 78.3 Å². The van der Waals surface area contributed by atoms with E-state index in [0.29, 0.717) is 44.4 Å². The highest BCUT2D eigenvalue weighted by Gasteiger charge is 2.40. The molecule has 35 nitrogen and oxygen atoms in total.